The van der Waals surface area contributed by atoms with Crippen molar-refractivity contribution in [2.45, 2.75) is 18.7 Å². The van der Waals surface area contributed by atoms with Gasteiger partial charge in [0, 0.05) is 16.8 Å². The summed E-state index contributed by atoms with van der Waals surface area (Å²) in [4.78, 5) is 18.3. The minimum Gasteiger partial charge on any atom is -0.321 e. The number of pyridine rings is 1. The van der Waals surface area contributed by atoms with Crippen molar-refractivity contribution in [3.63, 3.8) is 0 Å². The molecule has 4 nitrogen and oxygen atoms in total. The molecule has 0 unspecified atom stereocenters. The number of anilines is 1. The fourth-order valence-electron chi connectivity index (χ4n) is 2.48. The highest BCUT2D eigenvalue weighted by Gasteiger charge is 2.17. The van der Waals surface area contributed by atoms with Gasteiger partial charge < -0.3 is 5.32 Å². The highest BCUT2D eigenvalue weighted by molar-refractivity contribution is 7.98. The Morgan fingerprint density at radius 3 is 2.82 bits per heavy atom. The van der Waals surface area contributed by atoms with E-state index in [1.807, 2.05) is 67.1 Å². The molecule has 0 aliphatic carbocycles. The summed E-state index contributed by atoms with van der Waals surface area (Å²) < 4.78 is 1.85. The summed E-state index contributed by atoms with van der Waals surface area (Å²) in [5.41, 5.74) is 3.97. The topological polar surface area (TPSA) is 46.4 Å². The molecule has 0 bridgehead atoms. The summed E-state index contributed by atoms with van der Waals surface area (Å²) in [5, 5.41) is 2.96. The maximum Gasteiger partial charge on any atom is 0.274 e. The Hall–Kier alpha value is -2.27. The molecule has 0 aliphatic rings. The highest BCUT2D eigenvalue weighted by atomic mass is 32.2. The number of carbonyl (C=O) groups excluding carboxylic acids is 1. The molecule has 0 aliphatic heterocycles. The minimum atomic E-state index is -0.145. The first-order chi connectivity index (χ1) is 10.6. The lowest BCUT2D eigenvalue weighted by Gasteiger charge is -2.07. The Morgan fingerprint density at radius 2 is 2.05 bits per heavy atom. The lowest BCUT2D eigenvalue weighted by atomic mass is 10.2. The average molecular weight is 311 g/mol. The van der Waals surface area contributed by atoms with Crippen LogP contribution >= 0.6 is 11.8 Å². The second kappa shape index (κ2) is 5.85. The van der Waals surface area contributed by atoms with Gasteiger partial charge in [-0.1, -0.05) is 12.1 Å². The van der Waals surface area contributed by atoms with E-state index in [2.05, 4.69) is 10.3 Å². The number of nitrogens with zero attached hydrogens (tertiary/aromatic N) is 2. The fraction of sp³-hybridized carbons (Fsp3) is 0.176. The third-order valence-corrected chi connectivity index (χ3v) is 4.29. The predicted octanol–water partition coefficient (Wildman–Crippen LogP) is 3.93. The van der Waals surface area contributed by atoms with Crippen molar-refractivity contribution in [1.82, 2.24) is 9.38 Å². The van der Waals surface area contributed by atoms with Gasteiger partial charge in [-0.3, -0.25) is 9.20 Å². The molecule has 1 aromatic carbocycles. The lowest BCUT2D eigenvalue weighted by molar-refractivity contribution is 0.102. The molecule has 22 heavy (non-hydrogen) atoms. The molecule has 0 radical (unpaired) electrons. The number of aryl methyl sites for hydroxylation is 2. The van der Waals surface area contributed by atoms with E-state index in [-0.39, 0.29) is 5.91 Å². The SMILES string of the molecule is CSc1cccc(NC(=O)c2c(C)nc3c(C)cccn23)c1. The van der Waals surface area contributed by atoms with Crippen LogP contribution in [0, 0.1) is 13.8 Å². The van der Waals surface area contributed by atoms with Crippen LogP contribution in [0.1, 0.15) is 21.7 Å². The van der Waals surface area contributed by atoms with Crippen LogP contribution in [-0.2, 0) is 0 Å². The van der Waals surface area contributed by atoms with Crippen molar-refractivity contribution in [2.75, 3.05) is 11.6 Å². The van der Waals surface area contributed by atoms with E-state index in [0.717, 1.165) is 27.5 Å². The number of benzene rings is 1. The third kappa shape index (κ3) is 2.60. The zero-order valence-corrected chi connectivity index (χ0v) is 13.6. The molecule has 0 fully saturated rings. The van der Waals surface area contributed by atoms with Gasteiger partial charge in [0.05, 0.1) is 5.69 Å². The first-order valence-electron chi connectivity index (χ1n) is 7.00. The van der Waals surface area contributed by atoms with Crippen molar-refractivity contribution >= 4 is 29.0 Å². The highest BCUT2D eigenvalue weighted by Crippen LogP contribution is 2.21. The maximum absolute atomic E-state index is 12.6. The van der Waals surface area contributed by atoms with Crippen LogP contribution in [0.3, 0.4) is 0 Å². The normalized spacial score (nSPS) is 10.9. The van der Waals surface area contributed by atoms with E-state index in [1.165, 1.54) is 0 Å². The van der Waals surface area contributed by atoms with Gasteiger partial charge in [0.2, 0.25) is 0 Å². The van der Waals surface area contributed by atoms with Gasteiger partial charge in [-0.2, -0.15) is 0 Å². The number of imidazole rings is 1. The van der Waals surface area contributed by atoms with Crippen LogP contribution < -0.4 is 5.32 Å². The van der Waals surface area contributed by atoms with Crippen LogP contribution in [0.5, 0.6) is 0 Å². The van der Waals surface area contributed by atoms with Gasteiger partial charge in [-0.25, -0.2) is 4.98 Å². The number of hydrogen-bond acceptors (Lipinski definition) is 3. The number of hydrogen-bond donors (Lipinski definition) is 1. The molecule has 0 atom stereocenters. The predicted molar refractivity (Wildman–Crippen MR) is 90.8 cm³/mol. The second-order valence-electron chi connectivity index (χ2n) is 5.12. The standard InChI is InChI=1S/C17H17N3OS/c1-11-6-5-9-20-15(12(2)18-16(11)20)17(21)19-13-7-4-8-14(10-13)22-3/h4-10H,1-3H3,(H,19,21). The van der Waals surface area contributed by atoms with E-state index in [4.69, 9.17) is 0 Å². The average Bonchev–Trinajstić information content (AvgIpc) is 2.85. The summed E-state index contributed by atoms with van der Waals surface area (Å²) >= 11 is 1.65. The van der Waals surface area contributed by atoms with Gasteiger partial charge in [-0.05, 0) is 49.9 Å². The van der Waals surface area contributed by atoms with E-state index >= 15 is 0 Å². The molecule has 5 heteroatoms. The monoisotopic (exact) mass is 311 g/mol. The number of carbonyl (C=O) groups is 1. The van der Waals surface area contributed by atoms with E-state index in [0.29, 0.717) is 5.69 Å². The van der Waals surface area contributed by atoms with Gasteiger partial charge in [0.25, 0.3) is 5.91 Å². The lowest BCUT2D eigenvalue weighted by Crippen LogP contribution is -2.15. The van der Waals surface area contributed by atoms with Crippen molar-refractivity contribution in [3.05, 3.63) is 59.5 Å². The largest absolute Gasteiger partial charge is 0.321 e. The van der Waals surface area contributed by atoms with Crippen LogP contribution in [0.2, 0.25) is 0 Å². The van der Waals surface area contributed by atoms with Crippen LogP contribution in [0.25, 0.3) is 5.65 Å². The van der Waals surface area contributed by atoms with Gasteiger partial charge in [-0.15, -0.1) is 11.8 Å². The quantitative estimate of drug-likeness (QED) is 0.746. The Balaban J connectivity index is 1.98. The van der Waals surface area contributed by atoms with Crippen LogP contribution in [0.15, 0.2) is 47.5 Å². The Bertz CT molecular complexity index is 854. The molecule has 2 heterocycles. The number of nitrogens with one attached hydrogen (secondary N) is 1. The molecule has 3 rings (SSSR count). The molecule has 0 spiro atoms. The van der Waals surface area contributed by atoms with Crippen molar-refractivity contribution in [3.8, 4) is 0 Å². The summed E-state index contributed by atoms with van der Waals surface area (Å²) in [6, 6.07) is 11.7. The number of aromatic nitrogens is 2. The van der Waals surface area contributed by atoms with Gasteiger partial charge in [0.15, 0.2) is 0 Å². The second-order valence-corrected chi connectivity index (χ2v) is 6.00. The van der Waals surface area contributed by atoms with Crippen LogP contribution in [-0.4, -0.2) is 21.5 Å². The number of rotatable bonds is 3. The smallest absolute Gasteiger partial charge is 0.274 e. The molecule has 3 aromatic rings. The maximum atomic E-state index is 12.6. The Kier molecular flexibility index (Phi) is 3.90. The van der Waals surface area contributed by atoms with E-state index < -0.39 is 0 Å². The first-order valence-corrected chi connectivity index (χ1v) is 8.22. The summed E-state index contributed by atoms with van der Waals surface area (Å²) in [6.45, 7) is 3.85. The van der Waals surface area contributed by atoms with Crippen molar-refractivity contribution in [2.24, 2.45) is 0 Å². The third-order valence-electron chi connectivity index (χ3n) is 3.56. The minimum absolute atomic E-state index is 0.145. The van der Waals surface area contributed by atoms with Crippen LogP contribution in [0.4, 0.5) is 5.69 Å². The molecule has 0 saturated heterocycles. The number of amides is 1. The zero-order valence-electron chi connectivity index (χ0n) is 12.8. The summed E-state index contributed by atoms with van der Waals surface area (Å²) in [7, 11) is 0. The molecule has 2 aromatic heterocycles. The molecule has 112 valence electrons. The molecular formula is C17H17N3OS. The number of thioether (sulfide) groups is 1. The Labute approximate surface area is 133 Å². The molecule has 1 amide bonds. The van der Waals surface area contributed by atoms with Gasteiger partial charge in [0.1, 0.15) is 11.3 Å². The van der Waals surface area contributed by atoms with E-state index in [1.54, 1.807) is 11.8 Å². The first kappa shape index (κ1) is 14.7. The zero-order chi connectivity index (χ0) is 15.7. The molecule has 0 saturated carbocycles. The van der Waals surface area contributed by atoms with Crippen molar-refractivity contribution < 1.29 is 4.79 Å². The Morgan fingerprint density at radius 1 is 1.23 bits per heavy atom. The molecule has 1 N–H and O–H groups in total. The summed E-state index contributed by atoms with van der Waals surface area (Å²) in [6.07, 6.45) is 3.88. The van der Waals surface area contributed by atoms with Gasteiger partial charge >= 0.3 is 0 Å². The van der Waals surface area contributed by atoms with Crippen molar-refractivity contribution in [1.29, 1.82) is 0 Å². The van der Waals surface area contributed by atoms with E-state index in [9.17, 15) is 4.79 Å². The molecular weight excluding hydrogens is 294 g/mol. The summed E-state index contributed by atoms with van der Waals surface area (Å²) in [5.74, 6) is -0.145. The fourth-order valence-corrected chi connectivity index (χ4v) is 2.94. The number of fused-ring (bicyclic) bond motifs is 1.